The Bertz CT molecular complexity index is 264. The summed E-state index contributed by atoms with van der Waals surface area (Å²) in [7, 11) is 0. The van der Waals surface area contributed by atoms with Crippen molar-refractivity contribution in [2.75, 3.05) is 6.61 Å². The molecule has 1 aromatic carbocycles. The molecule has 0 bridgehead atoms. The smallest absolute Gasteiger partial charge is 0.157 e. The maximum Gasteiger partial charge on any atom is 0.157 e. The average Bonchev–Trinajstić information content (AvgIpc) is 2.15. The summed E-state index contributed by atoms with van der Waals surface area (Å²) in [5.74, 6) is 0.590. The molecule has 0 aliphatic carbocycles. The second-order valence-electron chi connectivity index (χ2n) is 2.16. The van der Waals surface area contributed by atoms with Gasteiger partial charge in [-0.1, -0.05) is 0 Å². The molecule has 0 unspecified atom stereocenters. The van der Waals surface area contributed by atoms with Gasteiger partial charge in [0.25, 0.3) is 0 Å². The maximum absolute atomic E-state index is 10.2. The van der Waals surface area contributed by atoms with Crippen molar-refractivity contribution >= 4 is 12.6 Å². The maximum atomic E-state index is 10.2. The number of benzene rings is 1. The molecule has 0 saturated carbocycles. The minimum atomic E-state index is 0.0421. The molecule has 1 aromatic rings. The van der Waals surface area contributed by atoms with E-state index in [2.05, 4.69) is 0 Å². The summed E-state index contributed by atoms with van der Waals surface area (Å²) in [6.07, 6.45) is 1.43. The SMILES string of the molecule is O=CCOc1ccc(C=O)cc1. The van der Waals surface area contributed by atoms with E-state index >= 15 is 0 Å². The van der Waals surface area contributed by atoms with Crippen LogP contribution >= 0.6 is 0 Å². The summed E-state index contributed by atoms with van der Waals surface area (Å²) < 4.78 is 4.97. The van der Waals surface area contributed by atoms with Gasteiger partial charge < -0.3 is 4.74 Å². The highest BCUT2D eigenvalue weighted by molar-refractivity contribution is 5.74. The predicted molar refractivity (Wildman–Crippen MR) is 43.4 cm³/mol. The minimum absolute atomic E-state index is 0.0421. The quantitative estimate of drug-likeness (QED) is 0.625. The number of ether oxygens (including phenoxy) is 1. The molecule has 0 amide bonds. The predicted octanol–water partition coefficient (Wildman–Crippen LogP) is 1.08. The van der Waals surface area contributed by atoms with Crippen LogP contribution in [0.5, 0.6) is 5.75 Å². The molecule has 0 radical (unpaired) electrons. The molecule has 3 nitrogen and oxygen atoms in total. The molecule has 3 heteroatoms. The normalized spacial score (nSPS) is 9.00. The molecule has 1 rings (SSSR count). The van der Waals surface area contributed by atoms with E-state index < -0.39 is 0 Å². The lowest BCUT2D eigenvalue weighted by atomic mass is 10.2. The molecule has 0 aliphatic rings. The number of aldehydes is 2. The second kappa shape index (κ2) is 4.28. The summed E-state index contributed by atoms with van der Waals surface area (Å²) in [6, 6.07) is 6.56. The highest BCUT2D eigenvalue weighted by atomic mass is 16.5. The van der Waals surface area contributed by atoms with E-state index in [4.69, 9.17) is 4.74 Å². The van der Waals surface area contributed by atoms with Crippen molar-refractivity contribution in [2.24, 2.45) is 0 Å². The second-order valence-corrected chi connectivity index (χ2v) is 2.16. The molecule has 0 atom stereocenters. The van der Waals surface area contributed by atoms with Crippen LogP contribution in [0.15, 0.2) is 24.3 Å². The molecular weight excluding hydrogens is 156 g/mol. The third kappa shape index (κ3) is 2.20. The monoisotopic (exact) mass is 164 g/mol. The van der Waals surface area contributed by atoms with Crippen LogP contribution in [0.2, 0.25) is 0 Å². The zero-order valence-corrected chi connectivity index (χ0v) is 6.40. The van der Waals surface area contributed by atoms with E-state index in [0.29, 0.717) is 17.6 Å². The first-order chi connectivity index (χ1) is 5.86. The number of carbonyl (C=O) groups is 2. The van der Waals surface area contributed by atoms with E-state index in [1.54, 1.807) is 24.3 Å². The van der Waals surface area contributed by atoms with Gasteiger partial charge in [-0.05, 0) is 24.3 Å². The molecule has 0 heterocycles. The number of hydrogen-bond acceptors (Lipinski definition) is 3. The van der Waals surface area contributed by atoms with Gasteiger partial charge in [0.15, 0.2) is 6.29 Å². The first kappa shape index (κ1) is 8.46. The minimum Gasteiger partial charge on any atom is -0.486 e. The van der Waals surface area contributed by atoms with Crippen LogP contribution in [0.3, 0.4) is 0 Å². The van der Waals surface area contributed by atoms with Crippen molar-refractivity contribution in [1.82, 2.24) is 0 Å². The number of hydrogen-bond donors (Lipinski definition) is 0. The van der Waals surface area contributed by atoms with Crippen molar-refractivity contribution in [3.63, 3.8) is 0 Å². The van der Waals surface area contributed by atoms with Gasteiger partial charge in [-0.15, -0.1) is 0 Å². The molecule has 62 valence electrons. The fourth-order valence-electron chi connectivity index (χ4n) is 0.773. The summed E-state index contributed by atoms with van der Waals surface area (Å²) >= 11 is 0. The Labute approximate surface area is 70.0 Å². The van der Waals surface area contributed by atoms with Crippen molar-refractivity contribution in [1.29, 1.82) is 0 Å². The lowest BCUT2D eigenvalue weighted by Gasteiger charge is -2.00. The largest absolute Gasteiger partial charge is 0.486 e. The number of carbonyl (C=O) groups excluding carboxylic acids is 2. The highest BCUT2D eigenvalue weighted by Gasteiger charge is 1.92. The van der Waals surface area contributed by atoms with E-state index in [1.807, 2.05) is 0 Å². The van der Waals surface area contributed by atoms with E-state index in [1.165, 1.54) is 0 Å². The fourth-order valence-corrected chi connectivity index (χ4v) is 0.773. The van der Waals surface area contributed by atoms with Gasteiger partial charge >= 0.3 is 0 Å². The average molecular weight is 164 g/mol. The van der Waals surface area contributed by atoms with Crippen LogP contribution in [0.1, 0.15) is 10.4 Å². The molecular formula is C9H8O3. The van der Waals surface area contributed by atoms with Crippen LogP contribution in [0, 0.1) is 0 Å². The van der Waals surface area contributed by atoms with Gasteiger partial charge in [0, 0.05) is 5.56 Å². The molecule has 0 aromatic heterocycles. The first-order valence-electron chi connectivity index (χ1n) is 3.48. The van der Waals surface area contributed by atoms with E-state index in [9.17, 15) is 9.59 Å². The number of rotatable bonds is 4. The third-order valence-electron chi connectivity index (χ3n) is 1.33. The van der Waals surface area contributed by atoms with Gasteiger partial charge in [0.1, 0.15) is 18.6 Å². The van der Waals surface area contributed by atoms with E-state index in [0.717, 1.165) is 6.29 Å². The van der Waals surface area contributed by atoms with E-state index in [-0.39, 0.29) is 6.61 Å². The molecule has 0 saturated heterocycles. The van der Waals surface area contributed by atoms with Crippen LogP contribution in [0.25, 0.3) is 0 Å². The van der Waals surface area contributed by atoms with Gasteiger partial charge in [-0.3, -0.25) is 9.59 Å². The standard InChI is InChI=1S/C9H8O3/c10-5-6-12-9-3-1-8(7-11)2-4-9/h1-5,7H,6H2. The molecule has 0 aliphatic heterocycles. The molecule has 0 fully saturated rings. The Morgan fingerprint density at radius 2 is 1.83 bits per heavy atom. The van der Waals surface area contributed by atoms with Crippen LogP contribution in [-0.4, -0.2) is 19.2 Å². The van der Waals surface area contributed by atoms with Crippen molar-refractivity contribution in [3.05, 3.63) is 29.8 Å². The summed E-state index contributed by atoms with van der Waals surface area (Å²) in [6.45, 7) is 0.0421. The Balaban J connectivity index is 2.64. The molecule has 0 spiro atoms. The van der Waals surface area contributed by atoms with Crippen LogP contribution in [0.4, 0.5) is 0 Å². The Hall–Kier alpha value is -1.64. The lowest BCUT2D eigenvalue weighted by Crippen LogP contribution is -1.97. The Morgan fingerprint density at radius 1 is 1.17 bits per heavy atom. The zero-order valence-electron chi connectivity index (χ0n) is 6.40. The first-order valence-corrected chi connectivity index (χ1v) is 3.48. The molecule has 12 heavy (non-hydrogen) atoms. The summed E-state index contributed by atoms with van der Waals surface area (Å²) in [5, 5.41) is 0. The fraction of sp³-hybridized carbons (Fsp3) is 0.111. The van der Waals surface area contributed by atoms with Gasteiger partial charge in [0.2, 0.25) is 0 Å². The zero-order chi connectivity index (χ0) is 8.81. The van der Waals surface area contributed by atoms with Crippen molar-refractivity contribution in [3.8, 4) is 5.75 Å². The summed E-state index contributed by atoms with van der Waals surface area (Å²) in [5.41, 5.74) is 0.591. The van der Waals surface area contributed by atoms with Gasteiger partial charge in [-0.2, -0.15) is 0 Å². The van der Waals surface area contributed by atoms with Gasteiger partial charge in [0.05, 0.1) is 0 Å². The topological polar surface area (TPSA) is 43.4 Å². The Morgan fingerprint density at radius 3 is 2.33 bits per heavy atom. The summed E-state index contributed by atoms with van der Waals surface area (Å²) in [4.78, 5) is 20.2. The van der Waals surface area contributed by atoms with Crippen molar-refractivity contribution < 1.29 is 14.3 Å². The third-order valence-corrected chi connectivity index (χ3v) is 1.33. The van der Waals surface area contributed by atoms with Crippen molar-refractivity contribution in [2.45, 2.75) is 0 Å². The Kier molecular flexibility index (Phi) is 3.02. The highest BCUT2D eigenvalue weighted by Crippen LogP contribution is 2.10. The molecule has 0 N–H and O–H groups in total. The van der Waals surface area contributed by atoms with Gasteiger partial charge in [-0.25, -0.2) is 0 Å². The van der Waals surface area contributed by atoms with Crippen LogP contribution in [-0.2, 0) is 4.79 Å². The van der Waals surface area contributed by atoms with Crippen LogP contribution < -0.4 is 4.74 Å². The lowest BCUT2D eigenvalue weighted by molar-refractivity contribution is -0.109.